The highest BCUT2D eigenvalue weighted by Crippen LogP contribution is 2.19. The second-order valence-electron chi connectivity index (χ2n) is 23.2. The van der Waals surface area contributed by atoms with E-state index in [2.05, 4.69) is 31.3 Å². The van der Waals surface area contributed by atoms with Crippen LogP contribution in [0.25, 0.3) is 0 Å². The lowest BCUT2D eigenvalue weighted by Gasteiger charge is -2.19. The largest absolute Gasteiger partial charge is 0.394 e. The van der Waals surface area contributed by atoms with Crippen molar-refractivity contribution in [1.29, 1.82) is 0 Å². The van der Waals surface area contributed by atoms with E-state index in [0.29, 0.717) is 6.42 Å². The van der Waals surface area contributed by atoms with Gasteiger partial charge in [0.05, 0.1) is 18.8 Å². The molecule has 0 heterocycles. The monoisotopic (exact) mass is 1010 g/mol. The minimum Gasteiger partial charge on any atom is -0.394 e. The SMILES string of the molecule is CCCCCCCCCCCCCCCCCCCC/C=C/CC/C=C/C(O)C(CO)NC(=O)CCCCCCCCCCCCCCCCCCCCCCCCCCCCCCCCCCCCCC. The number of hydrogen-bond acceptors (Lipinski definition) is 3. The number of nitrogens with one attached hydrogen (secondary N) is 1. The summed E-state index contributed by atoms with van der Waals surface area (Å²) in [5, 5.41) is 23.2. The van der Waals surface area contributed by atoms with Gasteiger partial charge in [-0.1, -0.05) is 372 Å². The minimum atomic E-state index is -0.861. The first-order valence-electron chi connectivity index (χ1n) is 33.6. The van der Waals surface area contributed by atoms with E-state index >= 15 is 0 Å². The Balaban J connectivity index is 3.41. The Morgan fingerprint density at radius 1 is 0.319 bits per heavy atom. The van der Waals surface area contributed by atoms with Crippen molar-refractivity contribution in [3.8, 4) is 0 Å². The maximum Gasteiger partial charge on any atom is 0.220 e. The molecule has 2 atom stereocenters. The lowest BCUT2D eigenvalue weighted by atomic mass is 10.0. The minimum absolute atomic E-state index is 0.0646. The highest BCUT2D eigenvalue weighted by Gasteiger charge is 2.18. The van der Waals surface area contributed by atoms with Gasteiger partial charge in [0.1, 0.15) is 0 Å². The molecule has 0 aliphatic rings. The van der Waals surface area contributed by atoms with Crippen LogP contribution < -0.4 is 5.32 Å². The molecule has 0 bridgehead atoms. The Bertz CT molecular complexity index is 1060. The third-order valence-electron chi connectivity index (χ3n) is 15.9. The van der Waals surface area contributed by atoms with E-state index < -0.39 is 12.1 Å². The van der Waals surface area contributed by atoms with E-state index in [0.717, 1.165) is 32.1 Å². The predicted octanol–water partition coefficient (Wildman–Crippen LogP) is 22.6. The number of carbonyl (C=O) groups excluding carboxylic acids is 1. The first-order valence-corrected chi connectivity index (χ1v) is 33.6. The quantitative estimate of drug-likeness (QED) is 0.0420. The number of carbonyl (C=O) groups is 1. The maximum absolute atomic E-state index is 12.5. The molecule has 0 aliphatic heterocycles. The van der Waals surface area contributed by atoms with Gasteiger partial charge in [-0.2, -0.15) is 0 Å². The van der Waals surface area contributed by atoms with Crippen LogP contribution in [0, 0.1) is 0 Å². The van der Waals surface area contributed by atoms with Crippen molar-refractivity contribution in [2.45, 2.75) is 398 Å². The summed E-state index contributed by atoms with van der Waals surface area (Å²) in [6, 6.07) is -0.637. The molecule has 2 unspecified atom stereocenters. The molecule has 428 valence electrons. The summed E-state index contributed by atoms with van der Waals surface area (Å²) in [4.78, 5) is 12.5. The smallest absolute Gasteiger partial charge is 0.220 e. The van der Waals surface area contributed by atoms with Gasteiger partial charge < -0.3 is 15.5 Å². The molecule has 72 heavy (non-hydrogen) atoms. The summed E-state index contributed by atoms with van der Waals surface area (Å²) in [6.45, 7) is 4.35. The van der Waals surface area contributed by atoms with Gasteiger partial charge in [-0.05, 0) is 32.1 Å². The summed E-state index contributed by atoms with van der Waals surface area (Å²) in [5.74, 6) is -0.0646. The first kappa shape index (κ1) is 70.9. The van der Waals surface area contributed by atoms with E-state index in [-0.39, 0.29) is 12.5 Å². The second-order valence-corrected chi connectivity index (χ2v) is 23.2. The van der Waals surface area contributed by atoms with Crippen LogP contribution in [0.3, 0.4) is 0 Å². The zero-order valence-electron chi connectivity index (χ0n) is 49.5. The number of unbranched alkanes of at least 4 members (excludes halogenated alkanes) is 54. The number of hydrogen-bond donors (Lipinski definition) is 3. The summed E-state index contributed by atoms with van der Waals surface area (Å²) >= 11 is 0. The van der Waals surface area contributed by atoms with Crippen LogP contribution in [-0.2, 0) is 4.79 Å². The highest BCUT2D eigenvalue weighted by atomic mass is 16.3. The molecular formula is C68H133NO3. The number of amides is 1. The van der Waals surface area contributed by atoms with Gasteiger partial charge in [-0.3, -0.25) is 4.79 Å². The van der Waals surface area contributed by atoms with Crippen LogP contribution in [0.1, 0.15) is 386 Å². The first-order chi connectivity index (χ1) is 35.7. The summed E-state index contributed by atoms with van der Waals surface area (Å²) < 4.78 is 0. The highest BCUT2D eigenvalue weighted by molar-refractivity contribution is 5.76. The lowest BCUT2D eigenvalue weighted by Crippen LogP contribution is -2.45. The van der Waals surface area contributed by atoms with E-state index in [1.807, 2.05) is 6.08 Å². The van der Waals surface area contributed by atoms with Crippen LogP contribution in [0.5, 0.6) is 0 Å². The molecule has 4 heteroatoms. The molecule has 0 aromatic rings. The Morgan fingerprint density at radius 2 is 0.542 bits per heavy atom. The summed E-state index contributed by atoms with van der Waals surface area (Å²) in [5.41, 5.74) is 0. The van der Waals surface area contributed by atoms with Gasteiger partial charge in [0.2, 0.25) is 5.91 Å². The Morgan fingerprint density at radius 3 is 0.806 bits per heavy atom. The maximum atomic E-state index is 12.5. The molecule has 0 rings (SSSR count). The van der Waals surface area contributed by atoms with Gasteiger partial charge in [0, 0.05) is 6.42 Å². The van der Waals surface area contributed by atoms with Gasteiger partial charge in [-0.25, -0.2) is 0 Å². The van der Waals surface area contributed by atoms with Gasteiger partial charge in [0.15, 0.2) is 0 Å². The second kappa shape index (κ2) is 64.2. The van der Waals surface area contributed by atoms with Crippen LogP contribution >= 0.6 is 0 Å². The van der Waals surface area contributed by atoms with Crippen molar-refractivity contribution in [2.75, 3.05) is 6.61 Å². The molecule has 4 nitrogen and oxygen atoms in total. The van der Waals surface area contributed by atoms with Crippen LogP contribution in [0.15, 0.2) is 24.3 Å². The standard InChI is InChI=1S/C68H133NO3/c1-3-5-7-9-11-13-15-17-19-21-23-25-27-29-30-31-32-33-34-35-36-37-38-39-40-42-44-46-48-50-52-54-56-58-60-62-64-68(72)69-66(65-70)67(71)63-61-59-57-55-53-51-49-47-45-43-41-28-26-24-22-20-18-16-14-12-10-8-6-4-2/h53,55,61,63,66-67,70-71H,3-52,54,56-60,62,64-65H2,1-2H3,(H,69,72)/b55-53+,63-61+. The van der Waals surface area contributed by atoms with Gasteiger partial charge in [0.25, 0.3) is 0 Å². The topological polar surface area (TPSA) is 69.6 Å². The fourth-order valence-electron chi connectivity index (χ4n) is 10.8. The Kier molecular flexibility index (Phi) is 63.2. The van der Waals surface area contributed by atoms with Gasteiger partial charge >= 0.3 is 0 Å². The van der Waals surface area contributed by atoms with E-state index in [4.69, 9.17) is 0 Å². The van der Waals surface area contributed by atoms with Crippen LogP contribution in [0.2, 0.25) is 0 Å². The van der Waals surface area contributed by atoms with Crippen LogP contribution in [-0.4, -0.2) is 34.9 Å². The Labute approximate surface area is 453 Å². The summed E-state index contributed by atoms with van der Waals surface area (Å²) in [6.07, 6.45) is 86.9. The molecule has 0 spiro atoms. The van der Waals surface area contributed by atoms with Crippen molar-refractivity contribution >= 4 is 5.91 Å². The van der Waals surface area contributed by atoms with Crippen molar-refractivity contribution < 1.29 is 15.0 Å². The molecule has 0 saturated heterocycles. The van der Waals surface area contributed by atoms with Crippen molar-refractivity contribution in [3.05, 3.63) is 24.3 Å². The van der Waals surface area contributed by atoms with Crippen LogP contribution in [0.4, 0.5) is 0 Å². The third-order valence-corrected chi connectivity index (χ3v) is 15.9. The third kappa shape index (κ3) is 59.7. The zero-order valence-corrected chi connectivity index (χ0v) is 49.5. The van der Waals surface area contributed by atoms with E-state index in [1.165, 1.54) is 334 Å². The zero-order chi connectivity index (χ0) is 52.0. The average molecular weight is 1010 g/mol. The Hall–Kier alpha value is -1.13. The average Bonchev–Trinajstić information content (AvgIpc) is 3.39. The number of allylic oxidation sites excluding steroid dienone is 3. The number of aliphatic hydroxyl groups excluding tert-OH is 2. The molecule has 1 amide bonds. The molecule has 0 saturated carbocycles. The number of rotatable bonds is 63. The fourth-order valence-corrected chi connectivity index (χ4v) is 10.8. The van der Waals surface area contributed by atoms with Crippen molar-refractivity contribution in [2.24, 2.45) is 0 Å². The fraction of sp³-hybridized carbons (Fsp3) is 0.926. The molecular weight excluding hydrogens is 879 g/mol. The molecule has 0 fully saturated rings. The predicted molar refractivity (Wildman–Crippen MR) is 322 cm³/mol. The van der Waals surface area contributed by atoms with Crippen molar-refractivity contribution in [1.82, 2.24) is 5.32 Å². The molecule has 0 aliphatic carbocycles. The van der Waals surface area contributed by atoms with Crippen molar-refractivity contribution in [3.63, 3.8) is 0 Å². The normalized spacial score (nSPS) is 12.8. The molecule has 0 radical (unpaired) electrons. The molecule has 0 aromatic carbocycles. The van der Waals surface area contributed by atoms with Gasteiger partial charge in [-0.15, -0.1) is 0 Å². The summed E-state index contributed by atoms with van der Waals surface area (Å²) in [7, 11) is 0. The number of aliphatic hydroxyl groups is 2. The molecule has 3 N–H and O–H groups in total. The lowest BCUT2D eigenvalue weighted by molar-refractivity contribution is -0.123. The van der Waals surface area contributed by atoms with E-state index in [9.17, 15) is 15.0 Å². The van der Waals surface area contributed by atoms with E-state index in [1.54, 1.807) is 6.08 Å². The molecule has 0 aromatic heterocycles.